The minimum absolute atomic E-state index is 0.253. The number of ether oxygens (including phenoxy) is 3. The van der Waals surface area contributed by atoms with E-state index < -0.39 is 23.6 Å². The molecule has 0 saturated carbocycles. The van der Waals surface area contributed by atoms with E-state index >= 15 is 0 Å². The van der Waals surface area contributed by atoms with Crippen LogP contribution in [0.5, 0.6) is 0 Å². The first-order valence-corrected chi connectivity index (χ1v) is 5.38. The average Bonchev–Trinajstić information content (AvgIpc) is 2.92. The highest BCUT2D eigenvalue weighted by Crippen LogP contribution is 2.45. The SMILES string of the molecule is CC[C@@]12C=C[C@@H](O1)C(C(=O)OC)=C2C(=O)OC. The number of hydrogen-bond donors (Lipinski definition) is 0. The minimum Gasteiger partial charge on any atom is -0.466 e. The molecule has 0 spiro atoms. The molecule has 5 nitrogen and oxygen atoms in total. The molecule has 17 heavy (non-hydrogen) atoms. The van der Waals surface area contributed by atoms with E-state index in [4.69, 9.17) is 9.47 Å². The number of rotatable bonds is 3. The van der Waals surface area contributed by atoms with Gasteiger partial charge in [-0.25, -0.2) is 9.59 Å². The lowest BCUT2D eigenvalue weighted by Gasteiger charge is -2.23. The van der Waals surface area contributed by atoms with E-state index in [9.17, 15) is 9.59 Å². The third-order valence-electron chi connectivity index (χ3n) is 3.17. The molecule has 0 radical (unpaired) electrons. The van der Waals surface area contributed by atoms with Gasteiger partial charge in [0.25, 0.3) is 0 Å². The van der Waals surface area contributed by atoms with Crippen LogP contribution in [-0.4, -0.2) is 37.9 Å². The number of carbonyl (C=O) groups excluding carboxylic acids is 2. The van der Waals surface area contributed by atoms with Gasteiger partial charge in [-0.1, -0.05) is 13.0 Å². The molecule has 2 aliphatic heterocycles. The molecule has 2 rings (SSSR count). The molecule has 0 N–H and O–H groups in total. The molecule has 0 amide bonds. The fourth-order valence-corrected chi connectivity index (χ4v) is 2.31. The summed E-state index contributed by atoms with van der Waals surface area (Å²) in [7, 11) is 2.56. The lowest BCUT2D eigenvalue weighted by Crippen LogP contribution is -2.31. The summed E-state index contributed by atoms with van der Waals surface area (Å²) in [5.41, 5.74) is -0.313. The molecule has 2 heterocycles. The van der Waals surface area contributed by atoms with Gasteiger partial charge in [0.1, 0.15) is 11.7 Å². The van der Waals surface area contributed by atoms with Gasteiger partial charge in [-0.05, 0) is 12.5 Å². The van der Waals surface area contributed by atoms with E-state index in [-0.39, 0.29) is 11.1 Å². The van der Waals surface area contributed by atoms with Crippen LogP contribution in [0.4, 0.5) is 0 Å². The van der Waals surface area contributed by atoms with Crippen LogP contribution in [0.15, 0.2) is 23.3 Å². The van der Waals surface area contributed by atoms with Crippen molar-refractivity contribution >= 4 is 11.9 Å². The average molecular weight is 238 g/mol. The van der Waals surface area contributed by atoms with E-state index in [0.717, 1.165) is 0 Å². The fraction of sp³-hybridized carbons (Fsp3) is 0.500. The Morgan fingerprint density at radius 2 is 2.00 bits per heavy atom. The predicted molar refractivity (Wildman–Crippen MR) is 58.1 cm³/mol. The molecule has 0 fully saturated rings. The van der Waals surface area contributed by atoms with Crippen molar-refractivity contribution in [2.24, 2.45) is 0 Å². The standard InChI is InChI=1S/C12H14O5/c1-4-12-6-5-7(17-12)8(10(13)15-2)9(12)11(14)16-3/h5-7H,4H2,1-3H3/t7-,12+/m1/s1. The van der Waals surface area contributed by atoms with Crippen molar-refractivity contribution in [3.05, 3.63) is 23.3 Å². The summed E-state index contributed by atoms with van der Waals surface area (Å²) in [6.07, 6.45) is 3.63. The summed E-state index contributed by atoms with van der Waals surface area (Å²) in [6.45, 7) is 1.88. The second-order valence-electron chi connectivity index (χ2n) is 3.91. The third-order valence-corrected chi connectivity index (χ3v) is 3.17. The van der Waals surface area contributed by atoms with Crippen LogP contribution in [0.1, 0.15) is 13.3 Å². The van der Waals surface area contributed by atoms with Crippen molar-refractivity contribution in [2.75, 3.05) is 14.2 Å². The van der Waals surface area contributed by atoms with Crippen LogP contribution >= 0.6 is 0 Å². The fourth-order valence-electron chi connectivity index (χ4n) is 2.31. The van der Waals surface area contributed by atoms with E-state index in [1.807, 2.05) is 6.92 Å². The van der Waals surface area contributed by atoms with Crippen LogP contribution in [0.25, 0.3) is 0 Å². The molecule has 0 aromatic rings. The first-order chi connectivity index (χ1) is 8.09. The smallest absolute Gasteiger partial charge is 0.337 e. The highest BCUT2D eigenvalue weighted by Gasteiger charge is 2.53. The van der Waals surface area contributed by atoms with Gasteiger partial charge in [-0.15, -0.1) is 0 Å². The summed E-state index contributed by atoms with van der Waals surface area (Å²) >= 11 is 0. The number of fused-ring (bicyclic) bond motifs is 2. The Kier molecular flexibility index (Phi) is 2.79. The molecule has 0 unspecified atom stereocenters. The Hall–Kier alpha value is -1.62. The zero-order valence-electron chi connectivity index (χ0n) is 9.98. The van der Waals surface area contributed by atoms with Crippen molar-refractivity contribution in [3.8, 4) is 0 Å². The Bertz CT molecular complexity index is 434. The van der Waals surface area contributed by atoms with Crippen LogP contribution in [0, 0.1) is 0 Å². The molecule has 2 aliphatic rings. The highest BCUT2D eigenvalue weighted by atomic mass is 16.6. The van der Waals surface area contributed by atoms with Gasteiger partial charge in [0.15, 0.2) is 0 Å². The molecule has 5 heteroatoms. The molecule has 0 aromatic carbocycles. The van der Waals surface area contributed by atoms with E-state index in [0.29, 0.717) is 6.42 Å². The van der Waals surface area contributed by atoms with E-state index in [1.165, 1.54) is 14.2 Å². The van der Waals surface area contributed by atoms with Crippen molar-refractivity contribution < 1.29 is 23.8 Å². The van der Waals surface area contributed by atoms with Gasteiger partial charge in [-0.2, -0.15) is 0 Å². The molecule has 2 atom stereocenters. The molecule has 0 saturated heterocycles. The zero-order chi connectivity index (χ0) is 12.6. The Balaban J connectivity index is 2.53. The molecular weight excluding hydrogens is 224 g/mol. The minimum atomic E-state index is -0.832. The number of methoxy groups -OCH3 is 2. The van der Waals surface area contributed by atoms with Gasteiger partial charge < -0.3 is 14.2 Å². The van der Waals surface area contributed by atoms with Crippen LogP contribution in [0.3, 0.4) is 0 Å². The maximum atomic E-state index is 11.8. The maximum Gasteiger partial charge on any atom is 0.337 e. The lowest BCUT2D eigenvalue weighted by molar-refractivity contribution is -0.139. The number of carbonyl (C=O) groups is 2. The van der Waals surface area contributed by atoms with Crippen molar-refractivity contribution in [3.63, 3.8) is 0 Å². The first kappa shape index (κ1) is 11.9. The Labute approximate surface area is 99.0 Å². The van der Waals surface area contributed by atoms with Gasteiger partial charge in [0.05, 0.1) is 25.4 Å². The number of esters is 2. The normalized spacial score (nSPS) is 29.7. The molecule has 2 bridgehead atoms. The molecule has 0 aromatic heterocycles. The highest BCUT2D eigenvalue weighted by molar-refractivity contribution is 6.04. The second-order valence-corrected chi connectivity index (χ2v) is 3.91. The van der Waals surface area contributed by atoms with Crippen molar-refractivity contribution in [2.45, 2.75) is 25.0 Å². The summed E-state index contributed by atoms with van der Waals surface area (Å²) in [5, 5.41) is 0. The lowest BCUT2D eigenvalue weighted by atomic mass is 9.85. The van der Waals surface area contributed by atoms with E-state index in [2.05, 4.69) is 4.74 Å². The largest absolute Gasteiger partial charge is 0.466 e. The van der Waals surface area contributed by atoms with Gasteiger partial charge in [0, 0.05) is 0 Å². The van der Waals surface area contributed by atoms with Gasteiger partial charge >= 0.3 is 11.9 Å². The first-order valence-electron chi connectivity index (χ1n) is 5.38. The maximum absolute atomic E-state index is 11.8. The Morgan fingerprint density at radius 1 is 1.35 bits per heavy atom. The summed E-state index contributed by atoms with van der Waals surface area (Å²) in [5.74, 6) is -1.09. The summed E-state index contributed by atoms with van der Waals surface area (Å²) in [4.78, 5) is 23.5. The molecule has 92 valence electrons. The van der Waals surface area contributed by atoms with Crippen LogP contribution in [-0.2, 0) is 23.8 Å². The monoisotopic (exact) mass is 238 g/mol. The predicted octanol–water partition coefficient (Wildman–Crippen LogP) is 0.746. The molecule has 0 aliphatic carbocycles. The van der Waals surface area contributed by atoms with Crippen molar-refractivity contribution in [1.82, 2.24) is 0 Å². The van der Waals surface area contributed by atoms with Gasteiger partial charge in [0.2, 0.25) is 0 Å². The van der Waals surface area contributed by atoms with Crippen LogP contribution < -0.4 is 0 Å². The zero-order valence-corrected chi connectivity index (χ0v) is 9.98. The third kappa shape index (κ3) is 1.50. The van der Waals surface area contributed by atoms with E-state index in [1.54, 1.807) is 12.2 Å². The van der Waals surface area contributed by atoms with Crippen LogP contribution in [0.2, 0.25) is 0 Å². The van der Waals surface area contributed by atoms with Gasteiger partial charge in [-0.3, -0.25) is 0 Å². The topological polar surface area (TPSA) is 61.8 Å². The van der Waals surface area contributed by atoms with Crippen molar-refractivity contribution in [1.29, 1.82) is 0 Å². The Morgan fingerprint density at radius 3 is 2.53 bits per heavy atom. The number of hydrogen-bond acceptors (Lipinski definition) is 5. The quantitative estimate of drug-likeness (QED) is 0.536. The molecular formula is C12H14O5. The second kappa shape index (κ2) is 4.00. The summed E-state index contributed by atoms with van der Waals surface area (Å²) < 4.78 is 15.1. The summed E-state index contributed by atoms with van der Waals surface area (Å²) in [6, 6.07) is 0.